The smallest absolute Gasteiger partial charge is 0.231 e. The van der Waals surface area contributed by atoms with Crippen LogP contribution in [0.3, 0.4) is 0 Å². The third kappa shape index (κ3) is 3.12. The van der Waals surface area contributed by atoms with Crippen molar-refractivity contribution in [3.63, 3.8) is 0 Å². The van der Waals surface area contributed by atoms with Gasteiger partial charge in [-0.25, -0.2) is 0 Å². The topological polar surface area (TPSA) is 80.4 Å². The normalized spacial score (nSPS) is 13.6. The van der Waals surface area contributed by atoms with Gasteiger partial charge < -0.3 is 13.9 Å². The Hall–Kier alpha value is -3.11. The summed E-state index contributed by atoms with van der Waals surface area (Å²) < 4.78 is 16.6. The molecule has 0 amide bonds. The van der Waals surface area contributed by atoms with Crippen LogP contribution in [0.1, 0.15) is 29.9 Å². The second-order valence-electron chi connectivity index (χ2n) is 6.09. The molecule has 126 valence electrons. The van der Waals surface area contributed by atoms with Gasteiger partial charge in [-0.3, -0.25) is 0 Å². The van der Waals surface area contributed by atoms with Crippen molar-refractivity contribution < 1.29 is 13.9 Å². The summed E-state index contributed by atoms with van der Waals surface area (Å²) in [5.74, 6) is 2.30. The number of azide groups is 1. The molecule has 0 radical (unpaired) electrons. The van der Waals surface area contributed by atoms with E-state index in [1.54, 1.807) is 0 Å². The highest BCUT2D eigenvalue weighted by atomic mass is 16.7. The van der Waals surface area contributed by atoms with E-state index in [1.165, 1.54) is 11.1 Å². The highest BCUT2D eigenvalue weighted by Crippen LogP contribution is 2.33. The molecule has 2 aromatic carbocycles. The van der Waals surface area contributed by atoms with E-state index in [4.69, 9.17) is 19.4 Å². The predicted molar refractivity (Wildman–Crippen MR) is 93.7 cm³/mol. The molecule has 1 unspecified atom stereocenters. The molecule has 3 aromatic rings. The Kier molecular flexibility index (Phi) is 3.96. The van der Waals surface area contributed by atoms with E-state index in [0.717, 1.165) is 35.3 Å². The number of ether oxygens (including phenoxy) is 2. The van der Waals surface area contributed by atoms with Crippen LogP contribution in [0.5, 0.6) is 11.5 Å². The third-order valence-electron chi connectivity index (χ3n) is 4.38. The van der Waals surface area contributed by atoms with Gasteiger partial charge in [0.25, 0.3) is 0 Å². The molecular formula is C19H17N3O3. The summed E-state index contributed by atoms with van der Waals surface area (Å²) in [5, 5.41) is 4.70. The van der Waals surface area contributed by atoms with Gasteiger partial charge in [0.15, 0.2) is 11.5 Å². The van der Waals surface area contributed by atoms with Crippen molar-refractivity contribution >= 4 is 11.0 Å². The quantitative estimate of drug-likeness (QED) is 0.359. The first kappa shape index (κ1) is 15.4. The molecule has 6 nitrogen and oxygen atoms in total. The molecule has 1 aliphatic heterocycles. The minimum atomic E-state index is -0.311. The lowest BCUT2D eigenvalue weighted by Crippen LogP contribution is -1.93. The van der Waals surface area contributed by atoms with E-state index in [2.05, 4.69) is 28.2 Å². The molecule has 0 saturated carbocycles. The van der Waals surface area contributed by atoms with Crippen LogP contribution in [-0.4, -0.2) is 6.79 Å². The summed E-state index contributed by atoms with van der Waals surface area (Å²) in [6.45, 7) is 2.11. The standard InChI is InChI=1S/C19H17N3O3/c1-12(21-22-20)17-10-15-6-4-13(8-18(15)25-17)2-3-14-5-7-16-19(9-14)24-11-23-16/h4-10,12H,2-3,11H2,1H3. The molecule has 0 spiro atoms. The summed E-state index contributed by atoms with van der Waals surface area (Å²) in [4.78, 5) is 2.83. The first-order chi connectivity index (χ1) is 12.2. The number of rotatable bonds is 5. The Morgan fingerprint density at radius 2 is 1.80 bits per heavy atom. The van der Waals surface area contributed by atoms with E-state index >= 15 is 0 Å². The average molecular weight is 335 g/mol. The highest BCUT2D eigenvalue weighted by molar-refractivity contribution is 5.78. The van der Waals surface area contributed by atoms with E-state index < -0.39 is 0 Å². The molecule has 1 aromatic heterocycles. The minimum Gasteiger partial charge on any atom is -0.461 e. The highest BCUT2D eigenvalue weighted by Gasteiger charge is 2.13. The molecule has 0 N–H and O–H groups in total. The van der Waals surface area contributed by atoms with E-state index in [9.17, 15) is 0 Å². The minimum absolute atomic E-state index is 0.296. The van der Waals surface area contributed by atoms with Gasteiger partial charge in [-0.2, -0.15) is 0 Å². The van der Waals surface area contributed by atoms with Crippen LogP contribution in [0.15, 0.2) is 52.0 Å². The second kappa shape index (κ2) is 6.42. The van der Waals surface area contributed by atoms with Gasteiger partial charge in [-0.15, -0.1) is 0 Å². The SMILES string of the molecule is CC(N=[N+]=[N-])c1cc2ccc(CCc3ccc4c(c3)OCO4)cc2o1. The number of hydrogen-bond acceptors (Lipinski definition) is 4. The maximum absolute atomic E-state index is 8.55. The van der Waals surface area contributed by atoms with Crippen LogP contribution < -0.4 is 9.47 Å². The van der Waals surface area contributed by atoms with Crippen LogP contribution in [0.2, 0.25) is 0 Å². The van der Waals surface area contributed by atoms with Crippen molar-refractivity contribution in [2.75, 3.05) is 6.79 Å². The number of benzene rings is 2. The Morgan fingerprint density at radius 1 is 1.04 bits per heavy atom. The van der Waals surface area contributed by atoms with E-state index in [-0.39, 0.29) is 6.04 Å². The molecule has 0 fully saturated rings. The molecule has 25 heavy (non-hydrogen) atoms. The predicted octanol–water partition coefficient (Wildman–Crippen LogP) is 5.32. The van der Waals surface area contributed by atoms with Gasteiger partial charge >= 0.3 is 0 Å². The molecule has 1 aliphatic rings. The van der Waals surface area contributed by atoms with E-state index in [1.807, 2.05) is 31.2 Å². The summed E-state index contributed by atoms with van der Waals surface area (Å²) in [5.41, 5.74) is 11.8. The Labute approximate surface area is 144 Å². The van der Waals surface area contributed by atoms with Gasteiger partial charge in [-0.05, 0) is 60.7 Å². The molecule has 1 atom stereocenters. The maximum atomic E-state index is 8.55. The lowest BCUT2D eigenvalue weighted by Gasteiger charge is -2.04. The fourth-order valence-corrected chi connectivity index (χ4v) is 2.98. The van der Waals surface area contributed by atoms with Crippen LogP contribution in [-0.2, 0) is 12.8 Å². The van der Waals surface area contributed by atoms with Gasteiger partial charge in [0.05, 0.1) is 6.04 Å². The lowest BCUT2D eigenvalue weighted by molar-refractivity contribution is 0.174. The molecule has 6 heteroatoms. The van der Waals surface area contributed by atoms with Crippen molar-refractivity contribution in [2.45, 2.75) is 25.8 Å². The Morgan fingerprint density at radius 3 is 2.64 bits per heavy atom. The number of aryl methyl sites for hydroxylation is 2. The first-order valence-electron chi connectivity index (χ1n) is 8.18. The lowest BCUT2D eigenvalue weighted by atomic mass is 10.0. The van der Waals surface area contributed by atoms with Crippen molar-refractivity contribution in [1.29, 1.82) is 0 Å². The van der Waals surface area contributed by atoms with Crippen molar-refractivity contribution in [2.24, 2.45) is 5.11 Å². The molecule has 0 saturated heterocycles. The largest absolute Gasteiger partial charge is 0.461 e. The number of nitrogens with zero attached hydrogens (tertiary/aromatic N) is 3. The fourth-order valence-electron chi connectivity index (χ4n) is 2.98. The molecule has 2 heterocycles. The third-order valence-corrected chi connectivity index (χ3v) is 4.38. The van der Waals surface area contributed by atoms with Crippen LogP contribution in [0.4, 0.5) is 0 Å². The van der Waals surface area contributed by atoms with Crippen LogP contribution in [0.25, 0.3) is 21.4 Å². The summed E-state index contributed by atoms with van der Waals surface area (Å²) in [6, 6.07) is 13.9. The van der Waals surface area contributed by atoms with Gasteiger partial charge in [0, 0.05) is 10.3 Å². The summed E-state index contributed by atoms with van der Waals surface area (Å²) in [6.07, 6.45) is 1.81. The van der Waals surface area contributed by atoms with Crippen molar-refractivity contribution in [1.82, 2.24) is 0 Å². The molecule has 0 bridgehead atoms. The van der Waals surface area contributed by atoms with Crippen LogP contribution >= 0.6 is 0 Å². The van der Waals surface area contributed by atoms with Crippen molar-refractivity contribution in [3.05, 3.63) is 69.8 Å². The van der Waals surface area contributed by atoms with Crippen LogP contribution in [0, 0.1) is 0 Å². The summed E-state index contributed by atoms with van der Waals surface area (Å²) >= 11 is 0. The number of furan rings is 1. The summed E-state index contributed by atoms with van der Waals surface area (Å²) in [7, 11) is 0. The van der Waals surface area contributed by atoms with Gasteiger partial charge in [-0.1, -0.05) is 23.3 Å². The average Bonchev–Trinajstić information content (AvgIpc) is 3.25. The maximum Gasteiger partial charge on any atom is 0.231 e. The fraction of sp³-hybridized carbons (Fsp3) is 0.263. The number of fused-ring (bicyclic) bond motifs is 2. The van der Waals surface area contributed by atoms with Gasteiger partial charge in [0.2, 0.25) is 6.79 Å². The second-order valence-corrected chi connectivity index (χ2v) is 6.09. The van der Waals surface area contributed by atoms with Crippen molar-refractivity contribution in [3.8, 4) is 11.5 Å². The zero-order valence-corrected chi connectivity index (χ0v) is 13.8. The van der Waals surface area contributed by atoms with Gasteiger partial charge in [0.1, 0.15) is 11.3 Å². The number of hydrogen-bond donors (Lipinski definition) is 0. The molecule has 4 rings (SSSR count). The molecular weight excluding hydrogens is 318 g/mol. The Bertz CT molecular complexity index is 973. The monoisotopic (exact) mass is 335 g/mol. The zero-order chi connectivity index (χ0) is 17.2. The van der Waals surface area contributed by atoms with E-state index in [0.29, 0.717) is 12.6 Å². The molecule has 0 aliphatic carbocycles. The zero-order valence-electron chi connectivity index (χ0n) is 13.8. The Balaban J connectivity index is 1.50. The first-order valence-corrected chi connectivity index (χ1v) is 8.18.